The smallest absolute Gasteiger partial charge is 0.365 e. The number of rotatable bonds is 5. The summed E-state index contributed by atoms with van der Waals surface area (Å²) in [5, 5.41) is 19.9. The molecule has 0 spiro atoms. The Morgan fingerprint density at radius 2 is 2.28 bits per heavy atom. The Balaban J connectivity index is 2.82. The zero-order valence-electron chi connectivity index (χ0n) is 9.96. The van der Waals surface area contributed by atoms with E-state index in [0.717, 1.165) is 0 Å². The molecule has 18 heavy (non-hydrogen) atoms. The van der Waals surface area contributed by atoms with Gasteiger partial charge in [0, 0.05) is 12.5 Å². The van der Waals surface area contributed by atoms with E-state index in [9.17, 15) is 20.0 Å². The van der Waals surface area contributed by atoms with Crippen molar-refractivity contribution in [2.24, 2.45) is 0 Å². The van der Waals surface area contributed by atoms with Gasteiger partial charge >= 0.3 is 11.7 Å². The standard InChI is InChI=1S/C11H14N2O5/c1-2-18-11(15)8(12)5-7-3-4-10(14)9(6-7)13(16)17/h3-4,6,8,14H,2,5,12H2,1H3/p+1/t8-/m0/s1. The van der Waals surface area contributed by atoms with Crippen molar-refractivity contribution in [1.29, 1.82) is 0 Å². The number of nitro benzene ring substituents is 1. The van der Waals surface area contributed by atoms with Crippen LogP contribution in [0.4, 0.5) is 5.69 Å². The van der Waals surface area contributed by atoms with Gasteiger partial charge in [0.2, 0.25) is 0 Å². The van der Waals surface area contributed by atoms with Gasteiger partial charge in [-0.15, -0.1) is 0 Å². The molecule has 0 aliphatic heterocycles. The second kappa shape index (κ2) is 5.97. The van der Waals surface area contributed by atoms with Crippen LogP contribution in [0.25, 0.3) is 0 Å². The molecular weight excluding hydrogens is 240 g/mol. The van der Waals surface area contributed by atoms with Crippen LogP contribution in [0, 0.1) is 10.1 Å². The first-order valence-corrected chi connectivity index (χ1v) is 5.41. The van der Waals surface area contributed by atoms with Crippen molar-refractivity contribution < 1.29 is 25.3 Å². The number of esters is 1. The third-order valence-electron chi connectivity index (χ3n) is 2.34. The van der Waals surface area contributed by atoms with E-state index in [-0.39, 0.29) is 18.7 Å². The van der Waals surface area contributed by atoms with E-state index < -0.39 is 22.7 Å². The molecule has 7 nitrogen and oxygen atoms in total. The molecule has 1 aromatic carbocycles. The van der Waals surface area contributed by atoms with Crippen molar-refractivity contribution in [1.82, 2.24) is 0 Å². The minimum Gasteiger partial charge on any atom is -0.502 e. The van der Waals surface area contributed by atoms with Crippen LogP contribution in [-0.4, -0.2) is 28.6 Å². The van der Waals surface area contributed by atoms with Crippen molar-refractivity contribution >= 4 is 11.7 Å². The monoisotopic (exact) mass is 255 g/mol. The van der Waals surface area contributed by atoms with Gasteiger partial charge in [-0.3, -0.25) is 10.1 Å². The molecule has 1 atom stereocenters. The predicted octanol–water partition coefficient (Wildman–Crippen LogP) is 0.0165. The van der Waals surface area contributed by atoms with Crippen LogP contribution in [0.3, 0.4) is 0 Å². The molecule has 1 aromatic rings. The van der Waals surface area contributed by atoms with Crippen molar-refractivity contribution in [2.45, 2.75) is 19.4 Å². The lowest BCUT2D eigenvalue weighted by atomic mass is 10.1. The lowest BCUT2D eigenvalue weighted by Crippen LogP contribution is -2.66. The SMILES string of the molecule is CCOC(=O)[C@@H]([NH3+])Cc1ccc(O)c([N+](=O)[O-])c1. The van der Waals surface area contributed by atoms with Crippen molar-refractivity contribution in [3.8, 4) is 5.75 Å². The molecule has 0 bridgehead atoms. The Morgan fingerprint density at radius 1 is 1.61 bits per heavy atom. The first kappa shape index (κ1) is 13.9. The van der Waals surface area contributed by atoms with Gasteiger partial charge in [0.1, 0.15) is 0 Å². The second-order valence-electron chi connectivity index (χ2n) is 3.73. The van der Waals surface area contributed by atoms with Crippen molar-refractivity contribution in [3.05, 3.63) is 33.9 Å². The summed E-state index contributed by atoms with van der Waals surface area (Å²) in [5.74, 6) is -0.853. The number of phenolic OH excluding ortho intramolecular Hbond substituents is 1. The molecule has 98 valence electrons. The highest BCUT2D eigenvalue weighted by Gasteiger charge is 2.21. The number of hydrogen-bond acceptors (Lipinski definition) is 5. The quantitative estimate of drug-likeness (QED) is 0.437. The largest absolute Gasteiger partial charge is 0.502 e. The molecule has 4 N–H and O–H groups in total. The summed E-state index contributed by atoms with van der Waals surface area (Å²) < 4.78 is 4.79. The zero-order chi connectivity index (χ0) is 13.7. The fraction of sp³-hybridized carbons (Fsp3) is 0.364. The number of phenols is 1. The minimum atomic E-state index is -0.679. The Hall–Kier alpha value is -2.15. The van der Waals surface area contributed by atoms with Gasteiger partial charge in [-0.2, -0.15) is 0 Å². The average Bonchev–Trinajstić information content (AvgIpc) is 2.31. The van der Waals surface area contributed by atoms with Gasteiger partial charge < -0.3 is 15.6 Å². The number of nitro groups is 1. The van der Waals surface area contributed by atoms with Gasteiger partial charge in [0.05, 0.1) is 11.5 Å². The number of aromatic hydroxyl groups is 1. The number of benzene rings is 1. The Morgan fingerprint density at radius 3 is 2.83 bits per heavy atom. The molecule has 0 amide bonds. The van der Waals surface area contributed by atoms with Gasteiger partial charge in [-0.05, 0) is 18.6 Å². The highest BCUT2D eigenvalue weighted by Crippen LogP contribution is 2.26. The van der Waals surface area contributed by atoms with Gasteiger partial charge in [0.25, 0.3) is 0 Å². The predicted molar refractivity (Wildman–Crippen MR) is 61.8 cm³/mol. The summed E-state index contributed by atoms with van der Waals surface area (Å²) in [7, 11) is 0. The lowest BCUT2D eigenvalue weighted by Gasteiger charge is -2.07. The van der Waals surface area contributed by atoms with E-state index in [2.05, 4.69) is 5.73 Å². The molecule has 0 saturated carbocycles. The van der Waals surface area contributed by atoms with Crippen molar-refractivity contribution in [3.63, 3.8) is 0 Å². The van der Waals surface area contributed by atoms with Gasteiger partial charge in [0.15, 0.2) is 11.8 Å². The van der Waals surface area contributed by atoms with Crippen molar-refractivity contribution in [2.75, 3.05) is 6.61 Å². The number of quaternary nitrogens is 1. The maximum atomic E-state index is 11.4. The Bertz CT molecular complexity index is 461. The minimum absolute atomic E-state index is 0.222. The Labute approximate surface area is 103 Å². The van der Waals surface area contributed by atoms with Crippen LogP contribution in [-0.2, 0) is 16.0 Å². The number of ether oxygens (including phenoxy) is 1. The molecule has 0 unspecified atom stereocenters. The topological polar surface area (TPSA) is 117 Å². The van der Waals surface area contributed by atoms with E-state index in [1.165, 1.54) is 18.2 Å². The molecule has 0 fully saturated rings. The van der Waals surface area contributed by atoms with E-state index in [1.807, 2.05) is 0 Å². The maximum Gasteiger partial charge on any atom is 0.365 e. The molecule has 0 aliphatic carbocycles. The zero-order valence-corrected chi connectivity index (χ0v) is 9.96. The highest BCUT2D eigenvalue weighted by molar-refractivity contribution is 5.74. The van der Waals surface area contributed by atoms with Gasteiger partial charge in [-0.25, -0.2) is 4.79 Å². The fourth-order valence-corrected chi connectivity index (χ4v) is 1.47. The molecule has 1 rings (SSSR count). The first-order chi connectivity index (χ1) is 8.45. The average molecular weight is 255 g/mol. The van der Waals surface area contributed by atoms with Crippen LogP contribution in [0.15, 0.2) is 18.2 Å². The van der Waals surface area contributed by atoms with Crippen LogP contribution in [0.1, 0.15) is 12.5 Å². The summed E-state index contributed by atoms with van der Waals surface area (Å²) in [4.78, 5) is 21.3. The number of hydrogen-bond donors (Lipinski definition) is 2. The van der Waals surface area contributed by atoms with E-state index in [4.69, 9.17) is 4.74 Å². The normalized spacial score (nSPS) is 11.9. The first-order valence-electron chi connectivity index (χ1n) is 5.41. The van der Waals surface area contributed by atoms with Crippen LogP contribution in [0.2, 0.25) is 0 Å². The second-order valence-corrected chi connectivity index (χ2v) is 3.73. The van der Waals surface area contributed by atoms with E-state index in [0.29, 0.717) is 5.56 Å². The number of nitrogens with zero attached hydrogens (tertiary/aromatic N) is 1. The molecule has 0 aliphatic rings. The number of carbonyl (C=O) groups is 1. The van der Waals surface area contributed by atoms with Crippen LogP contribution >= 0.6 is 0 Å². The summed E-state index contributed by atoms with van der Waals surface area (Å²) in [6.07, 6.45) is 0.222. The molecule has 0 aromatic heterocycles. The molecular formula is C11H15N2O5+. The summed E-state index contributed by atoms with van der Waals surface area (Å²) in [5.41, 5.74) is 3.80. The molecule has 0 heterocycles. The highest BCUT2D eigenvalue weighted by atomic mass is 16.6. The third-order valence-corrected chi connectivity index (χ3v) is 2.34. The fourth-order valence-electron chi connectivity index (χ4n) is 1.47. The van der Waals surface area contributed by atoms with Gasteiger partial charge in [-0.1, -0.05) is 6.07 Å². The summed E-state index contributed by atoms with van der Waals surface area (Å²) in [6.45, 7) is 1.95. The molecule has 0 saturated heterocycles. The van der Waals surface area contributed by atoms with Crippen LogP contribution in [0.5, 0.6) is 5.75 Å². The molecule has 7 heteroatoms. The van der Waals surface area contributed by atoms with E-state index >= 15 is 0 Å². The lowest BCUT2D eigenvalue weighted by molar-refractivity contribution is -0.408. The van der Waals surface area contributed by atoms with Crippen LogP contribution < -0.4 is 5.73 Å². The summed E-state index contributed by atoms with van der Waals surface area (Å²) >= 11 is 0. The number of carbonyl (C=O) groups excluding carboxylic acids is 1. The van der Waals surface area contributed by atoms with E-state index in [1.54, 1.807) is 6.92 Å². The maximum absolute atomic E-state index is 11.4. The Kier molecular flexibility index (Phi) is 4.61. The molecule has 0 radical (unpaired) electrons. The third kappa shape index (κ3) is 3.42. The summed E-state index contributed by atoms with van der Waals surface area (Å²) in [6, 6.07) is 3.34.